The summed E-state index contributed by atoms with van der Waals surface area (Å²) in [5, 5.41) is 10.1. The van der Waals surface area contributed by atoms with Gasteiger partial charge in [-0.3, -0.25) is 4.79 Å². The van der Waals surface area contributed by atoms with Crippen molar-refractivity contribution in [2.75, 3.05) is 10.8 Å². The van der Waals surface area contributed by atoms with E-state index in [1.54, 1.807) is 6.07 Å². The van der Waals surface area contributed by atoms with E-state index in [1.807, 2.05) is 4.72 Å². The highest BCUT2D eigenvalue weighted by molar-refractivity contribution is 7.92. The van der Waals surface area contributed by atoms with E-state index in [0.29, 0.717) is 24.0 Å². The van der Waals surface area contributed by atoms with E-state index < -0.39 is 34.4 Å². The monoisotopic (exact) mass is 400 g/mol. The van der Waals surface area contributed by atoms with Crippen molar-refractivity contribution in [3.8, 4) is 5.75 Å². The molecule has 27 heavy (non-hydrogen) atoms. The number of hydrogen-bond donors (Lipinski definition) is 2. The van der Waals surface area contributed by atoms with Gasteiger partial charge in [0, 0.05) is 0 Å². The smallest absolute Gasteiger partial charge is 0.416 e. The number of hydrogen-bond acceptors (Lipinski definition) is 4. The van der Waals surface area contributed by atoms with Crippen LogP contribution in [0.2, 0.25) is 0 Å². The second-order valence-electron chi connectivity index (χ2n) is 6.05. The SMILES string of the molecule is O=C1CN(c2ccc(CCc3ccc(C(F)(F)F)cc3)cc2O)S(=O)(=O)N1. The Balaban J connectivity index is 1.70. The average Bonchev–Trinajstić information content (AvgIpc) is 2.85. The number of phenolic OH excluding ortho intramolecular Hbond substituents is 1. The first-order chi connectivity index (χ1) is 12.6. The van der Waals surface area contributed by atoms with Crippen molar-refractivity contribution in [3.05, 3.63) is 59.2 Å². The summed E-state index contributed by atoms with van der Waals surface area (Å²) in [6, 6.07) is 9.16. The molecule has 1 saturated heterocycles. The van der Waals surface area contributed by atoms with Crippen LogP contribution in [0.15, 0.2) is 42.5 Å². The summed E-state index contributed by atoms with van der Waals surface area (Å²) in [4.78, 5) is 11.3. The van der Waals surface area contributed by atoms with Gasteiger partial charge in [0.1, 0.15) is 12.3 Å². The van der Waals surface area contributed by atoms with E-state index >= 15 is 0 Å². The first-order valence-electron chi connectivity index (χ1n) is 7.87. The molecule has 2 aromatic rings. The third-order valence-corrected chi connectivity index (χ3v) is 5.50. The summed E-state index contributed by atoms with van der Waals surface area (Å²) in [5.41, 5.74) is 0.630. The Hall–Kier alpha value is -2.75. The number of nitrogens with one attached hydrogen (secondary N) is 1. The molecule has 1 heterocycles. The Morgan fingerprint density at radius 1 is 1.04 bits per heavy atom. The molecule has 0 aliphatic carbocycles. The molecule has 10 heteroatoms. The van der Waals surface area contributed by atoms with Crippen LogP contribution in [0, 0.1) is 0 Å². The highest BCUT2D eigenvalue weighted by Gasteiger charge is 2.35. The molecule has 2 N–H and O–H groups in total. The average molecular weight is 400 g/mol. The van der Waals surface area contributed by atoms with Crippen LogP contribution in [0.5, 0.6) is 5.75 Å². The summed E-state index contributed by atoms with van der Waals surface area (Å²) in [5.74, 6) is -0.999. The van der Waals surface area contributed by atoms with Crippen molar-refractivity contribution in [1.29, 1.82) is 0 Å². The molecule has 0 saturated carbocycles. The van der Waals surface area contributed by atoms with Crippen molar-refractivity contribution < 1.29 is 31.5 Å². The number of aromatic hydroxyl groups is 1. The summed E-state index contributed by atoms with van der Waals surface area (Å²) >= 11 is 0. The molecule has 0 unspecified atom stereocenters. The third kappa shape index (κ3) is 4.16. The topological polar surface area (TPSA) is 86.7 Å². The number of carbonyl (C=O) groups excluding carboxylic acids is 1. The third-order valence-electron chi connectivity index (χ3n) is 4.11. The van der Waals surface area contributed by atoms with Gasteiger partial charge in [-0.2, -0.15) is 21.6 Å². The molecule has 1 fully saturated rings. The normalized spacial score (nSPS) is 16.4. The van der Waals surface area contributed by atoms with E-state index in [9.17, 15) is 31.5 Å². The second-order valence-corrected chi connectivity index (χ2v) is 7.65. The summed E-state index contributed by atoms with van der Waals surface area (Å²) in [7, 11) is -4.01. The molecule has 3 rings (SSSR count). The molecule has 2 aromatic carbocycles. The van der Waals surface area contributed by atoms with Crippen LogP contribution in [0.4, 0.5) is 18.9 Å². The Labute approximate surface area is 153 Å². The highest BCUT2D eigenvalue weighted by atomic mass is 32.2. The number of carbonyl (C=O) groups is 1. The van der Waals surface area contributed by atoms with Crippen molar-refractivity contribution in [2.24, 2.45) is 0 Å². The van der Waals surface area contributed by atoms with Gasteiger partial charge in [-0.05, 0) is 48.2 Å². The fourth-order valence-corrected chi connectivity index (χ4v) is 3.91. The summed E-state index contributed by atoms with van der Waals surface area (Å²) in [6.45, 7) is -0.416. The number of amides is 1. The molecule has 0 radical (unpaired) electrons. The van der Waals surface area contributed by atoms with E-state index in [0.717, 1.165) is 16.4 Å². The number of phenols is 1. The minimum atomic E-state index is -4.38. The van der Waals surface area contributed by atoms with Gasteiger partial charge in [-0.25, -0.2) is 9.03 Å². The standard InChI is InChI=1S/C17H15F3N2O4S/c18-17(19,20)13-6-3-11(4-7-13)1-2-12-5-8-14(15(23)9-12)22-10-16(24)21-27(22,25)26/h3-9,23H,1-2,10H2,(H,21,24). The van der Waals surface area contributed by atoms with Gasteiger partial charge in [0.2, 0.25) is 0 Å². The molecule has 1 amide bonds. The van der Waals surface area contributed by atoms with Gasteiger partial charge in [-0.1, -0.05) is 18.2 Å². The lowest BCUT2D eigenvalue weighted by Gasteiger charge is -2.16. The van der Waals surface area contributed by atoms with Crippen molar-refractivity contribution in [1.82, 2.24) is 4.72 Å². The predicted octanol–water partition coefficient (Wildman–Crippen LogP) is 2.38. The lowest BCUT2D eigenvalue weighted by molar-refractivity contribution is -0.137. The molecule has 0 atom stereocenters. The van der Waals surface area contributed by atoms with Gasteiger partial charge in [0.15, 0.2) is 0 Å². The Kier molecular flexibility index (Phi) is 4.77. The number of halogens is 3. The lowest BCUT2D eigenvalue weighted by Crippen LogP contribution is -2.29. The molecule has 0 aromatic heterocycles. The van der Waals surface area contributed by atoms with Crippen molar-refractivity contribution in [3.63, 3.8) is 0 Å². The van der Waals surface area contributed by atoms with E-state index in [4.69, 9.17) is 0 Å². The van der Waals surface area contributed by atoms with E-state index in [1.165, 1.54) is 24.3 Å². The minimum Gasteiger partial charge on any atom is -0.506 e. The van der Waals surface area contributed by atoms with Gasteiger partial charge in [0.25, 0.3) is 5.91 Å². The molecular weight excluding hydrogens is 385 g/mol. The zero-order chi connectivity index (χ0) is 19.8. The molecular formula is C17H15F3N2O4S. The van der Waals surface area contributed by atoms with Gasteiger partial charge < -0.3 is 5.11 Å². The minimum absolute atomic E-state index is 0.0216. The van der Waals surface area contributed by atoms with Crippen LogP contribution >= 0.6 is 0 Å². The number of rotatable bonds is 4. The zero-order valence-electron chi connectivity index (χ0n) is 13.8. The first kappa shape index (κ1) is 19.0. The fraction of sp³-hybridized carbons (Fsp3) is 0.235. The van der Waals surface area contributed by atoms with E-state index in [2.05, 4.69) is 0 Å². The summed E-state index contributed by atoms with van der Waals surface area (Å²) < 4.78 is 63.9. The van der Waals surface area contributed by atoms with Crippen LogP contribution in [-0.4, -0.2) is 26.0 Å². The van der Waals surface area contributed by atoms with Crippen LogP contribution in [-0.2, 0) is 34.0 Å². The highest BCUT2D eigenvalue weighted by Crippen LogP contribution is 2.32. The number of anilines is 1. The van der Waals surface area contributed by atoms with E-state index in [-0.39, 0.29) is 11.4 Å². The van der Waals surface area contributed by atoms with Gasteiger partial charge in [-0.15, -0.1) is 0 Å². The second kappa shape index (κ2) is 6.76. The Morgan fingerprint density at radius 2 is 1.63 bits per heavy atom. The molecule has 0 bridgehead atoms. The Morgan fingerprint density at radius 3 is 2.15 bits per heavy atom. The molecule has 0 spiro atoms. The number of benzene rings is 2. The fourth-order valence-electron chi connectivity index (χ4n) is 2.75. The maximum Gasteiger partial charge on any atom is 0.416 e. The first-order valence-corrected chi connectivity index (χ1v) is 9.31. The molecule has 144 valence electrons. The van der Waals surface area contributed by atoms with Crippen LogP contribution in [0.1, 0.15) is 16.7 Å². The maximum absolute atomic E-state index is 12.6. The number of aryl methyl sites for hydroxylation is 2. The maximum atomic E-state index is 12.6. The summed E-state index contributed by atoms with van der Waals surface area (Å²) in [6.07, 6.45) is -3.51. The van der Waals surface area contributed by atoms with Crippen molar-refractivity contribution in [2.45, 2.75) is 19.0 Å². The molecule has 1 aliphatic rings. The Bertz CT molecular complexity index is 973. The van der Waals surface area contributed by atoms with Gasteiger partial charge in [0.05, 0.1) is 11.3 Å². The number of alkyl halides is 3. The quantitative estimate of drug-likeness (QED) is 0.825. The van der Waals surface area contributed by atoms with Crippen LogP contribution < -0.4 is 9.03 Å². The van der Waals surface area contributed by atoms with Crippen LogP contribution in [0.25, 0.3) is 0 Å². The largest absolute Gasteiger partial charge is 0.506 e. The van der Waals surface area contributed by atoms with Crippen molar-refractivity contribution >= 4 is 21.8 Å². The van der Waals surface area contributed by atoms with Crippen LogP contribution in [0.3, 0.4) is 0 Å². The lowest BCUT2D eigenvalue weighted by atomic mass is 10.0. The molecule has 6 nitrogen and oxygen atoms in total. The zero-order valence-corrected chi connectivity index (χ0v) is 14.6. The molecule has 1 aliphatic heterocycles. The number of nitrogens with zero attached hydrogens (tertiary/aromatic N) is 1. The van der Waals surface area contributed by atoms with Gasteiger partial charge >= 0.3 is 16.4 Å². The predicted molar refractivity (Wildman–Crippen MR) is 91.4 cm³/mol.